The molecular formula is C22H30N4O. The smallest absolute Gasteiger partial charge is 0.272 e. The van der Waals surface area contributed by atoms with Gasteiger partial charge in [0, 0.05) is 24.8 Å². The Balaban J connectivity index is 1.89. The number of hydrogen-bond donors (Lipinski definition) is 1. The van der Waals surface area contributed by atoms with E-state index in [1.54, 1.807) is 6.07 Å². The van der Waals surface area contributed by atoms with Gasteiger partial charge in [-0.25, -0.2) is 9.97 Å². The van der Waals surface area contributed by atoms with Gasteiger partial charge >= 0.3 is 0 Å². The van der Waals surface area contributed by atoms with Crippen LogP contribution in [-0.4, -0.2) is 33.9 Å². The van der Waals surface area contributed by atoms with E-state index in [9.17, 15) is 4.79 Å². The molecule has 1 aromatic carbocycles. The molecule has 0 spiro atoms. The molecule has 1 aromatic heterocycles. The van der Waals surface area contributed by atoms with Crippen molar-refractivity contribution in [3.63, 3.8) is 0 Å². The molecule has 144 valence electrons. The highest BCUT2D eigenvalue weighted by Gasteiger charge is 2.20. The zero-order valence-corrected chi connectivity index (χ0v) is 16.9. The number of para-hydroxylation sites is 1. The molecule has 5 heteroatoms. The average Bonchev–Trinajstić information content (AvgIpc) is 2.91. The SMILES string of the molecule is Cc1nc(Nc2c(C)cccc2C(C)C)cc(C(=O)N2CCCCCC2)n1. The molecule has 0 bridgehead atoms. The van der Waals surface area contributed by atoms with Gasteiger partial charge < -0.3 is 10.2 Å². The van der Waals surface area contributed by atoms with Crippen LogP contribution in [0.3, 0.4) is 0 Å². The molecule has 1 fully saturated rings. The molecule has 0 unspecified atom stereocenters. The third kappa shape index (κ3) is 4.65. The maximum atomic E-state index is 13.0. The van der Waals surface area contributed by atoms with E-state index in [1.165, 1.54) is 18.4 Å². The fourth-order valence-electron chi connectivity index (χ4n) is 3.65. The number of aromatic nitrogens is 2. The summed E-state index contributed by atoms with van der Waals surface area (Å²) >= 11 is 0. The normalized spacial score (nSPS) is 14.9. The fourth-order valence-corrected chi connectivity index (χ4v) is 3.65. The molecule has 5 nitrogen and oxygen atoms in total. The number of amides is 1. The van der Waals surface area contributed by atoms with Crippen molar-refractivity contribution in [2.24, 2.45) is 0 Å². The van der Waals surface area contributed by atoms with E-state index in [0.717, 1.165) is 37.2 Å². The first-order valence-electron chi connectivity index (χ1n) is 9.97. The van der Waals surface area contributed by atoms with E-state index >= 15 is 0 Å². The molecule has 1 N–H and O–H groups in total. The molecule has 1 amide bonds. The van der Waals surface area contributed by atoms with Crippen molar-refractivity contribution in [3.8, 4) is 0 Å². The Morgan fingerprint density at radius 1 is 1.07 bits per heavy atom. The van der Waals surface area contributed by atoms with E-state index in [4.69, 9.17) is 0 Å². The van der Waals surface area contributed by atoms with Gasteiger partial charge in [-0.05, 0) is 43.7 Å². The van der Waals surface area contributed by atoms with Crippen molar-refractivity contribution in [2.45, 2.75) is 59.3 Å². The zero-order valence-electron chi connectivity index (χ0n) is 16.9. The Morgan fingerprint density at radius 3 is 2.44 bits per heavy atom. The molecule has 3 rings (SSSR count). The van der Waals surface area contributed by atoms with E-state index in [0.29, 0.717) is 23.3 Å². The topological polar surface area (TPSA) is 58.1 Å². The quantitative estimate of drug-likeness (QED) is 0.829. The molecule has 2 heterocycles. The van der Waals surface area contributed by atoms with Crippen LogP contribution in [0.15, 0.2) is 24.3 Å². The molecule has 1 aliphatic heterocycles. The number of rotatable bonds is 4. The molecule has 1 aliphatic rings. The number of carbonyl (C=O) groups excluding carboxylic acids is 1. The lowest BCUT2D eigenvalue weighted by atomic mass is 9.98. The van der Waals surface area contributed by atoms with Crippen molar-refractivity contribution in [1.82, 2.24) is 14.9 Å². The number of carbonyl (C=O) groups is 1. The van der Waals surface area contributed by atoms with Crippen LogP contribution in [0, 0.1) is 13.8 Å². The van der Waals surface area contributed by atoms with Gasteiger partial charge in [-0.15, -0.1) is 0 Å². The summed E-state index contributed by atoms with van der Waals surface area (Å²) in [6.45, 7) is 9.93. The lowest BCUT2D eigenvalue weighted by Gasteiger charge is -2.21. The van der Waals surface area contributed by atoms with E-state index < -0.39 is 0 Å². The summed E-state index contributed by atoms with van der Waals surface area (Å²) in [6.07, 6.45) is 4.54. The number of benzene rings is 1. The number of nitrogens with one attached hydrogen (secondary N) is 1. The van der Waals surface area contributed by atoms with Gasteiger partial charge in [0.05, 0.1) is 0 Å². The monoisotopic (exact) mass is 366 g/mol. The number of anilines is 2. The molecular weight excluding hydrogens is 336 g/mol. The van der Waals surface area contributed by atoms with Crippen LogP contribution in [0.4, 0.5) is 11.5 Å². The van der Waals surface area contributed by atoms with Gasteiger partial charge in [0.25, 0.3) is 5.91 Å². The third-order valence-electron chi connectivity index (χ3n) is 5.13. The summed E-state index contributed by atoms with van der Waals surface area (Å²) in [5, 5.41) is 3.45. The molecule has 0 atom stereocenters. The lowest BCUT2D eigenvalue weighted by molar-refractivity contribution is 0.0755. The first-order valence-corrected chi connectivity index (χ1v) is 9.97. The van der Waals surface area contributed by atoms with Crippen LogP contribution in [0.1, 0.15) is 72.9 Å². The van der Waals surface area contributed by atoms with Crippen molar-refractivity contribution in [3.05, 3.63) is 46.9 Å². The zero-order chi connectivity index (χ0) is 19.4. The lowest BCUT2D eigenvalue weighted by Crippen LogP contribution is -2.32. The van der Waals surface area contributed by atoms with Crippen molar-refractivity contribution < 1.29 is 4.79 Å². The Bertz CT molecular complexity index is 808. The average molecular weight is 367 g/mol. The predicted molar refractivity (Wildman–Crippen MR) is 110 cm³/mol. The highest BCUT2D eigenvalue weighted by atomic mass is 16.2. The Morgan fingerprint density at radius 2 is 1.78 bits per heavy atom. The van der Waals surface area contributed by atoms with Gasteiger partial charge in [-0.1, -0.05) is 44.9 Å². The molecule has 0 aliphatic carbocycles. The molecule has 1 saturated heterocycles. The standard InChI is InChI=1S/C22H30N4O/c1-15(2)18-11-9-10-16(3)21(18)25-20-14-19(23-17(4)24-20)22(27)26-12-7-5-6-8-13-26/h9-11,14-15H,5-8,12-13H2,1-4H3,(H,23,24,25). The first-order chi connectivity index (χ1) is 13.0. The van der Waals surface area contributed by atoms with Crippen LogP contribution in [0.25, 0.3) is 0 Å². The first kappa shape index (κ1) is 19.3. The van der Waals surface area contributed by atoms with Gasteiger partial charge in [0.1, 0.15) is 17.3 Å². The van der Waals surface area contributed by atoms with E-state index in [-0.39, 0.29) is 5.91 Å². The Kier molecular flexibility index (Phi) is 6.09. The Hall–Kier alpha value is -2.43. The maximum absolute atomic E-state index is 13.0. The second-order valence-corrected chi connectivity index (χ2v) is 7.71. The highest BCUT2D eigenvalue weighted by Crippen LogP contribution is 2.30. The van der Waals surface area contributed by atoms with Crippen LogP contribution < -0.4 is 5.32 Å². The van der Waals surface area contributed by atoms with Gasteiger partial charge in [0.15, 0.2) is 0 Å². The predicted octanol–water partition coefficient (Wildman–Crippen LogP) is 4.98. The number of likely N-dealkylation sites (tertiary alicyclic amines) is 1. The van der Waals surface area contributed by atoms with E-state index in [1.807, 2.05) is 11.8 Å². The second-order valence-electron chi connectivity index (χ2n) is 7.71. The number of hydrogen-bond acceptors (Lipinski definition) is 4. The summed E-state index contributed by atoms with van der Waals surface area (Å²) in [6, 6.07) is 8.09. The number of nitrogens with zero attached hydrogens (tertiary/aromatic N) is 3. The third-order valence-corrected chi connectivity index (χ3v) is 5.13. The highest BCUT2D eigenvalue weighted by molar-refractivity contribution is 5.93. The minimum absolute atomic E-state index is 0.0133. The van der Waals surface area contributed by atoms with Gasteiger partial charge in [-0.3, -0.25) is 4.79 Å². The minimum atomic E-state index is 0.0133. The van der Waals surface area contributed by atoms with Crippen molar-refractivity contribution >= 4 is 17.4 Å². The molecule has 2 aromatic rings. The summed E-state index contributed by atoms with van der Waals surface area (Å²) in [5.41, 5.74) is 3.95. The van der Waals surface area contributed by atoms with Crippen molar-refractivity contribution in [1.29, 1.82) is 0 Å². The van der Waals surface area contributed by atoms with E-state index in [2.05, 4.69) is 54.3 Å². The van der Waals surface area contributed by atoms with Crippen LogP contribution in [-0.2, 0) is 0 Å². The maximum Gasteiger partial charge on any atom is 0.272 e. The number of aryl methyl sites for hydroxylation is 2. The fraction of sp³-hybridized carbons (Fsp3) is 0.500. The van der Waals surface area contributed by atoms with Gasteiger partial charge in [-0.2, -0.15) is 0 Å². The molecule has 27 heavy (non-hydrogen) atoms. The minimum Gasteiger partial charge on any atom is -0.340 e. The van der Waals surface area contributed by atoms with Crippen LogP contribution >= 0.6 is 0 Å². The molecule has 0 saturated carbocycles. The van der Waals surface area contributed by atoms with Gasteiger partial charge in [0.2, 0.25) is 0 Å². The Labute approximate surface area is 162 Å². The summed E-state index contributed by atoms with van der Waals surface area (Å²) in [7, 11) is 0. The van der Waals surface area contributed by atoms with Crippen molar-refractivity contribution in [2.75, 3.05) is 18.4 Å². The second kappa shape index (κ2) is 8.51. The van der Waals surface area contributed by atoms with Crippen LogP contribution in [0.2, 0.25) is 0 Å². The summed E-state index contributed by atoms with van der Waals surface area (Å²) in [4.78, 5) is 23.8. The van der Waals surface area contributed by atoms with Crippen LogP contribution in [0.5, 0.6) is 0 Å². The summed E-state index contributed by atoms with van der Waals surface area (Å²) in [5.74, 6) is 1.70. The largest absolute Gasteiger partial charge is 0.340 e. The summed E-state index contributed by atoms with van der Waals surface area (Å²) < 4.78 is 0. The molecule has 0 radical (unpaired) electrons.